The van der Waals surface area contributed by atoms with Crippen LogP contribution in [0.2, 0.25) is 0 Å². The molecule has 8 saturated carbocycles. The van der Waals surface area contributed by atoms with E-state index in [1.807, 2.05) is 0 Å². The Kier molecular flexibility index (Phi) is 7.71. The quantitative estimate of drug-likeness (QED) is 0.209. The molecule has 1 heterocycles. The number of halogens is 18. The Labute approximate surface area is 277 Å². The molecule has 0 aromatic rings. The molecule has 0 spiro atoms. The Morgan fingerprint density at radius 3 is 0.804 bits per heavy atom. The molecule has 9 rings (SSSR count). The van der Waals surface area contributed by atoms with Crippen molar-refractivity contribution < 1.29 is 92.6 Å². The van der Waals surface area contributed by atoms with Crippen LogP contribution >= 0.6 is 7.28 Å². The molecule has 0 amide bonds. The van der Waals surface area contributed by atoms with Crippen LogP contribution < -0.4 is 0 Å². The van der Waals surface area contributed by atoms with Gasteiger partial charge in [-0.15, -0.1) is 0 Å². The molecule has 0 radical (unpaired) electrons. The maximum absolute atomic E-state index is 15.3. The first-order chi connectivity index (χ1) is 22.8. The van der Waals surface area contributed by atoms with Gasteiger partial charge in [0.2, 0.25) is 0 Å². The zero-order chi connectivity index (χ0) is 38.1. The second kappa shape index (κ2) is 10.3. The van der Waals surface area contributed by atoms with Gasteiger partial charge < -0.3 is 0 Å². The summed E-state index contributed by atoms with van der Waals surface area (Å²) < 4.78 is 286. The van der Waals surface area contributed by atoms with Crippen LogP contribution in [-0.2, 0) is 13.6 Å². The second-order valence-electron chi connectivity index (χ2n) is 16.3. The monoisotopic (exact) mass is 800 g/mol. The van der Waals surface area contributed by atoms with Crippen LogP contribution in [0.3, 0.4) is 0 Å². The minimum atomic E-state index is -8.57. The Bertz CT molecular complexity index is 1220. The number of rotatable bonds is 4. The van der Waals surface area contributed by atoms with E-state index in [1.165, 1.54) is 0 Å². The van der Waals surface area contributed by atoms with Gasteiger partial charge in [0.15, 0.2) is 0 Å². The number of hydrogen-bond acceptors (Lipinski definition) is 3. The third kappa shape index (κ3) is 4.58. The molecule has 9 aliphatic rings. The van der Waals surface area contributed by atoms with Crippen molar-refractivity contribution in [3.05, 3.63) is 0 Å². The fourth-order valence-electron chi connectivity index (χ4n) is 12.7. The molecule has 0 unspecified atom stereocenters. The first-order valence-corrected chi connectivity index (χ1v) is 18.3. The summed E-state index contributed by atoms with van der Waals surface area (Å²) in [4.78, 5) is 0. The van der Waals surface area contributed by atoms with Crippen molar-refractivity contribution in [2.75, 3.05) is 0 Å². The van der Waals surface area contributed by atoms with Crippen molar-refractivity contribution in [1.82, 2.24) is 0 Å². The van der Waals surface area contributed by atoms with Crippen molar-refractivity contribution in [1.29, 1.82) is 0 Å². The average molecular weight is 801 g/mol. The fraction of sp³-hybridized carbons (Fsp3) is 1.00. The zero-order valence-corrected chi connectivity index (χ0v) is 26.9. The fourth-order valence-corrected chi connectivity index (χ4v) is 20.8. The number of hydrogen-bond donors (Lipinski definition) is 0. The Morgan fingerprint density at radius 1 is 0.412 bits per heavy atom. The van der Waals surface area contributed by atoms with E-state index < -0.39 is 146 Å². The maximum atomic E-state index is 15.3. The summed E-state index contributed by atoms with van der Waals surface area (Å²) in [5, 5.41) is -6.14. The van der Waals surface area contributed by atoms with Gasteiger partial charge in [0.25, 0.3) is 0 Å². The van der Waals surface area contributed by atoms with E-state index in [0.717, 1.165) is 0 Å². The van der Waals surface area contributed by atoms with Crippen molar-refractivity contribution in [2.45, 2.75) is 142 Å². The van der Waals surface area contributed by atoms with E-state index in [2.05, 4.69) is 0 Å². The molecule has 8 bridgehead atoms. The molecule has 1 saturated heterocycles. The van der Waals surface area contributed by atoms with E-state index in [0.29, 0.717) is 0 Å². The molecule has 0 aromatic heterocycles. The minimum absolute atomic E-state index is 0.0843. The SMILES string of the molecule is FC(F)(F)C(OP1(C23CC4CC(CC(C4)C2)C3)(C23CC4CC(CC(C4)C2)C3)OC(C(F)(F)F)(C(F)(F)F)C(C(F)(F)F)(C(F)(F)F)O1)C(F)(F)F. The van der Waals surface area contributed by atoms with Crippen molar-refractivity contribution in [3.63, 3.8) is 0 Å². The van der Waals surface area contributed by atoms with Crippen LogP contribution in [0.15, 0.2) is 0 Å². The van der Waals surface area contributed by atoms with Gasteiger partial charge in [-0.1, -0.05) is 0 Å². The summed E-state index contributed by atoms with van der Waals surface area (Å²) in [6.07, 6.45) is -55.7. The molecule has 8 aliphatic carbocycles. The summed E-state index contributed by atoms with van der Waals surface area (Å²) in [6, 6.07) is 0. The Balaban J connectivity index is 1.71. The van der Waals surface area contributed by atoms with E-state index in [4.69, 9.17) is 13.6 Å². The van der Waals surface area contributed by atoms with E-state index in [-0.39, 0.29) is 38.5 Å². The zero-order valence-electron chi connectivity index (χ0n) is 26.0. The molecular weight excluding hydrogens is 769 g/mol. The molecule has 51 heavy (non-hydrogen) atoms. The summed E-state index contributed by atoms with van der Waals surface area (Å²) in [5.41, 5.74) is -15.2. The third-order valence-corrected chi connectivity index (χ3v) is 19.4. The first kappa shape index (κ1) is 38.3. The third-order valence-electron chi connectivity index (χ3n) is 13.2. The molecular formula is C29H31F18O3P. The molecule has 9 fully saturated rings. The van der Waals surface area contributed by atoms with Gasteiger partial charge in [-0.25, -0.2) is 0 Å². The van der Waals surface area contributed by atoms with Gasteiger partial charge in [0.05, 0.1) is 0 Å². The topological polar surface area (TPSA) is 27.7 Å². The van der Waals surface area contributed by atoms with E-state index in [1.54, 1.807) is 0 Å². The van der Waals surface area contributed by atoms with Crippen LogP contribution in [0, 0.1) is 35.5 Å². The van der Waals surface area contributed by atoms with Crippen molar-refractivity contribution in [2.24, 2.45) is 35.5 Å². The molecule has 22 heteroatoms. The van der Waals surface area contributed by atoms with Gasteiger partial charge in [-0.2, -0.15) is 0 Å². The van der Waals surface area contributed by atoms with Crippen LogP contribution in [0.1, 0.15) is 77.0 Å². The van der Waals surface area contributed by atoms with Gasteiger partial charge in [0.1, 0.15) is 0 Å². The second-order valence-corrected chi connectivity index (χ2v) is 20.5. The van der Waals surface area contributed by atoms with Crippen LogP contribution in [0.25, 0.3) is 0 Å². The van der Waals surface area contributed by atoms with Crippen LogP contribution in [-0.4, -0.2) is 64.7 Å². The van der Waals surface area contributed by atoms with E-state index >= 15 is 52.7 Å². The molecule has 0 atom stereocenters. The normalized spacial score (nSPS) is 42.0. The summed E-state index contributed by atoms with van der Waals surface area (Å²) in [5.74, 6) is -5.45. The standard InChI is InChI=1S/C29H31F18O3P/c30-22(31,32)19(23(33,34)35)48-51(20-7-13-1-14(8-20)3-15(2-13)9-20,21-10-16-4-17(11-21)6-18(5-16)12-21)49-24(26(36,37)38,27(39,40)41)25(50-51,28(42,43)44)29(45,46)47/h13-19H,1-12H2. The van der Waals surface area contributed by atoms with Crippen LogP contribution in [0.4, 0.5) is 79.0 Å². The molecule has 0 aromatic carbocycles. The van der Waals surface area contributed by atoms with Gasteiger partial charge in [0, 0.05) is 0 Å². The first-order valence-electron chi connectivity index (χ1n) is 16.3. The average Bonchev–Trinajstić information content (AvgIpc) is 3.24. The molecule has 296 valence electrons. The molecule has 0 N–H and O–H groups in total. The summed E-state index contributed by atoms with van der Waals surface area (Å²) >= 11 is 0. The van der Waals surface area contributed by atoms with Gasteiger partial charge >= 0.3 is 277 Å². The van der Waals surface area contributed by atoms with Crippen molar-refractivity contribution >= 4 is 7.28 Å². The molecule has 1 aliphatic heterocycles. The van der Waals surface area contributed by atoms with E-state index in [9.17, 15) is 26.3 Å². The Morgan fingerprint density at radius 2 is 0.627 bits per heavy atom. The van der Waals surface area contributed by atoms with Crippen molar-refractivity contribution in [3.8, 4) is 0 Å². The van der Waals surface area contributed by atoms with Gasteiger partial charge in [-0.3, -0.25) is 0 Å². The van der Waals surface area contributed by atoms with Crippen LogP contribution in [0.5, 0.6) is 0 Å². The summed E-state index contributed by atoms with van der Waals surface area (Å²) in [6.45, 7) is 0. The van der Waals surface area contributed by atoms with Gasteiger partial charge in [-0.05, 0) is 0 Å². The number of alkyl halides is 18. The predicted molar refractivity (Wildman–Crippen MR) is 138 cm³/mol. The predicted octanol–water partition coefficient (Wildman–Crippen LogP) is 11.5. The summed E-state index contributed by atoms with van der Waals surface area (Å²) in [7, 11) is -8.57. The molecule has 3 nitrogen and oxygen atoms in total. The Hall–Kier alpha value is -0.950.